The van der Waals surface area contributed by atoms with Gasteiger partial charge < -0.3 is 15.2 Å². The van der Waals surface area contributed by atoms with E-state index in [4.69, 9.17) is 4.74 Å². The average molecular weight is 323 g/mol. The maximum absolute atomic E-state index is 11.5. The van der Waals surface area contributed by atoms with E-state index in [0.29, 0.717) is 11.4 Å². The van der Waals surface area contributed by atoms with Crippen LogP contribution in [0.15, 0.2) is 54.6 Å². The zero-order chi connectivity index (χ0) is 17.4. The van der Waals surface area contributed by atoms with Crippen LogP contribution in [-0.2, 0) is 4.79 Å². The zero-order valence-electron chi connectivity index (χ0n) is 13.8. The molecule has 2 aromatic rings. The summed E-state index contributed by atoms with van der Waals surface area (Å²) in [5.41, 5.74) is 1.78. The lowest BCUT2D eigenvalue weighted by atomic mass is 9.97. The molecule has 4 heteroatoms. The first-order chi connectivity index (χ1) is 11.6. The van der Waals surface area contributed by atoms with Crippen LogP contribution in [0.2, 0.25) is 0 Å². The van der Waals surface area contributed by atoms with E-state index in [1.165, 1.54) is 0 Å². The molecule has 2 unspecified atom stereocenters. The van der Waals surface area contributed by atoms with Crippen LogP contribution in [0.1, 0.15) is 24.8 Å². The number of carboxylic acids is 1. The smallest absolute Gasteiger partial charge is 0.338 e. The molecule has 2 rings (SSSR count). The third kappa shape index (κ3) is 4.79. The van der Waals surface area contributed by atoms with Gasteiger partial charge in [-0.1, -0.05) is 49.1 Å². The lowest BCUT2D eigenvalue weighted by Crippen LogP contribution is -2.27. The highest BCUT2D eigenvalue weighted by Crippen LogP contribution is 2.19. The molecule has 124 valence electrons. The first-order valence-corrected chi connectivity index (χ1v) is 7.83. The molecule has 0 bridgehead atoms. The average Bonchev–Trinajstić information content (AvgIpc) is 2.62. The van der Waals surface area contributed by atoms with Crippen molar-refractivity contribution in [2.45, 2.75) is 25.3 Å². The van der Waals surface area contributed by atoms with Crippen molar-refractivity contribution in [1.82, 2.24) is 0 Å². The van der Waals surface area contributed by atoms with Crippen LogP contribution in [0, 0.1) is 11.8 Å². The van der Waals surface area contributed by atoms with E-state index in [9.17, 15) is 9.90 Å². The minimum atomic E-state index is -0.999. The maximum atomic E-state index is 11.5. The third-order valence-electron chi connectivity index (χ3n) is 3.66. The number of rotatable bonds is 6. The standard InChI is InChI=1S/C20H21NO3/c1-3-15(16-7-5-4-6-8-16)9-14-19(20(22)23)21-17-10-12-18(24-2)13-11-17/h4-8,10-13,15,19,21H,3H2,1-2H3,(H,22,23). The second-order valence-electron chi connectivity index (χ2n) is 5.30. The normalized spacial score (nSPS) is 12.4. The molecule has 0 aliphatic carbocycles. The largest absolute Gasteiger partial charge is 0.497 e. The fourth-order valence-electron chi connectivity index (χ4n) is 2.30. The number of benzene rings is 2. The number of hydrogen-bond acceptors (Lipinski definition) is 3. The van der Waals surface area contributed by atoms with Gasteiger partial charge in [0.25, 0.3) is 0 Å². The topological polar surface area (TPSA) is 58.6 Å². The third-order valence-corrected chi connectivity index (χ3v) is 3.66. The van der Waals surface area contributed by atoms with Crippen LogP contribution in [0.3, 0.4) is 0 Å². The van der Waals surface area contributed by atoms with Gasteiger partial charge in [0.05, 0.1) is 7.11 Å². The predicted molar refractivity (Wildman–Crippen MR) is 95.3 cm³/mol. The maximum Gasteiger partial charge on any atom is 0.338 e. The summed E-state index contributed by atoms with van der Waals surface area (Å²) in [4.78, 5) is 11.5. The molecule has 2 aromatic carbocycles. The SMILES string of the molecule is CCC(C#CC(Nc1ccc(OC)cc1)C(=O)O)c1ccccc1. The molecule has 0 spiro atoms. The van der Waals surface area contributed by atoms with E-state index < -0.39 is 12.0 Å². The highest BCUT2D eigenvalue weighted by atomic mass is 16.5. The van der Waals surface area contributed by atoms with Crippen molar-refractivity contribution in [3.63, 3.8) is 0 Å². The summed E-state index contributed by atoms with van der Waals surface area (Å²) in [5.74, 6) is 5.68. The molecule has 2 N–H and O–H groups in total. The first kappa shape index (κ1) is 17.4. The van der Waals surface area contributed by atoms with E-state index in [1.807, 2.05) is 37.3 Å². The number of anilines is 1. The Hall–Kier alpha value is -2.93. The summed E-state index contributed by atoms with van der Waals surface area (Å²) in [6.07, 6.45) is 0.825. The monoisotopic (exact) mass is 323 g/mol. The molecule has 0 radical (unpaired) electrons. The predicted octanol–water partition coefficient (Wildman–Crippen LogP) is 3.76. The Morgan fingerprint density at radius 2 is 1.79 bits per heavy atom. The summed E-state index contributed by atoms with van der Waals surface area (Å²) < 4.78 is 5.09. The molecule has 0 aliphatic heterocycles. The number of hydrogen-bond donors (Lipinski definition) is 2. The van der Waals surface area contributed by atoms with Crippen LogP contribution < -0.4 is 10.1 Å². The Labute approximate surface area is 142 Å². The Morgan fingerprint density at radius 1 is 1.12 bits per heavy atom. The van der Waals surface area contributed by atoms with Gasteiger partial charge in [-0.25, -0.2) is 4.79 Å². The van der Waals surface area contributed by atoms with Gasteiger partial charge >= 0.3 is 5.97 Å². The van der Waals surface area contributed by atoms with Crippen LogP contribution in [0.4, 0.5) is 5.69 Å². The van der Waals surface area contributed by atoms with Crippen molar-refractivity contribution in [2.75, 3.05) is 12.4 Å². The Kier molecular flexibility index (Phi) is 6.27. The second kappa shape index (κ2) is 8.64. The van der Waals surface area contributed by atoms with Gasteiger partial charge in [0, 0.05) is 11.6 Å². The van der Waals surface area contributed by atoms with Crippen molar-refractivity contribution in [1.29, 1.82) is 0 Å². The van der Waals surface area contributed by atoms with Gasteiger partial charge in [-0.05, 0) is 36.2 Å². The summed E-state index contributed by atoms with van der Waals surface area (Å²) in [5, 5.41) is 12.3. The molecule has 24 heavy (non-hydrogen) atoms. The molecule has 0 aliphatic rings. The van der Waals surface area contributed by atoms with Crippen molar-refractivity contribution in [3.8, 4) is 17.6 Å². The molecule has 0 aromatic heterocycles. The number of aliphatic carboxylic acids is 1. The Bertz CT molecular complexity index is 714. The molecule has 0 saturated heterocycles. The number of carboxylic acid groups (broad SMARTS) is 1. The van der Waals surface area contributed by atoms with E-state index in [0.717, 1.165) is 12.0 Å². The summed E-state index contributed by atoms with van der Waals surface area (Å²) in [6, 6.07) is 16.0. The fraction of sp³-hybridized carbons (Fsp3) is 0.250. The van der Waals surface area contributed by atoms with E-state index in [1.54, 1.807) is 31.4 Å². The van der Waals surface area contributed by atoms with Crippen LogP contribution in [0.5, 0.6) is 5.75 Å². The molecule has 0 saturated carbocycles. The van der Waals surface area contributed by atoms with E-state index in [-0.39, 0.29) is 5.92 Å². The van der Waals surface area contributed by atoms with Gasteiger partial charge in [-0.2, -0.15) is 0 Å². The van der Waals surface area contributed by atoms with Gasteiger partial charge in [0.2, 0.25) is 0 Å². The number of nitrogens with one attached hydrogen (secondary N) is 1. The molecular formula is C20H21NO3. The first-order valence-electron chi connectivity index (χ1n) is 7.83. The quantitative estimate of drug-likeness (QED) is 0.795. The fourth-order valence-corrected chi connectivity index (χ4v) is 2.30. The van der Waals surface area contributed by atoms with Gasteiger partial charge in [0.1, 0.15) is 5.75 Å². The summed E-state index contributed by atoms with van der Waals surface area (Å²) in [7, 11) is 1.59. The van der Waals surface area contributed by atoms with Crippen LogP contribution >= 0.6 is 0 Å². The zero-order valence-corrected chi connectivity index (χ0v) is 13.8. The van der Waals surface area contributed by atoms with Gasteiger partial charge in [0.15, 0.2) is 6.04 Å². The summed E-state index contributed by atoms with van der Waals surface area (Å²) >= 11 is 0. The number of carbonyl (C=O) groups is 1. The molecule has 0 heterocycles. The molecule has 0 amide bonds. The highest BCUT2D eigenvalue weighted by Gasteiger charge is 2.15. The van der Waals surface area contributed by atoms with Crippen molar-refractivity contribution in [3.05, 3.63) is 60.2 Å². The highest BCUT2D eigenvalue weighted by molar-refractivity contribution is 5.81. The van der Waals surface area contributed by atoms with Gasteiger partial charge in [-0.3, -0.25) is 0 Å². The van der Waals surface area contributed by atoms with Crippen molar-refractivity contribution in [2.24, 2.45) is 0 Å². The molecule has 0 fully saturated rings. The summed E-state index contributed by atoms with van der Waals surface area (Å²) in [6.45, 7) is 2.04. The van der Waals surface area contributed by atoms with Crippen LogP contribution in [0.25, 0.3) is 0 Å². The van der Waals surface area contributed by atoms with Crippen molar-refractivity contribution >= 4 is 11.7 Å². The molecule has 2 atom stereocenters. The van der Waals surface area contributed by atoms with Crippen LogP contribution in [-0.4, -0.2) is 24.2 Å². The van der Waals surface area contributed by atoms with E-state index in [2.05, 4.69) is 17.2 Å². The number of methoxy groups -OCH3 is 1. The minimum absolute atomic E-state index is 0.0192. The molecular weight excluding hydrogens is 302 g/mol. The van der Waals surface area contributed by atoms with Crippen molar-refractivity contribution < 1.29 is 14.6 Å². The number of ether oxygens (including phenoxy) is 1. The van der Waals surface area contributed by atoms with E-state index >= 15 is 0 Å². The Balaban J connectivity index is 2.14. The lowest BCUT2D eigenvalue weighted by molar-refractivity contribution is -0.136. The minimum Gasteiger partial charge on any atom is -0.497 e. The lowest BCUT2D eigenvalue weighted by Gasteiger charge is -2.12. The molecule has 4 nitrogen and oxygen atoms in total. The Morgan fingerprint density at radius 3 is 2.33 bits per heavy atom. The second-order valence-corrected chi connectivity index (χ2v) is 5.30. The van der Waals surface area contributed by atoms with Gasteiger partial charge in [-0.15, -0.1) is 0 Å².